The lowest BCUT2D eigenvalue weighted by Gasteiger charge is -2.17. The van der Waals surface area contributed by atoms with Gasteiger partial charge in [0.2, 0.25) is 5.91 Å². The Morgan fingerprint density at radius 2 is 2.22 bits per heavy atom. The second-order valence-electron chi connectivity index (χ2n) is 5.19. The maximum Gasteiger partial charge on any atom is 0.390 e. The summed E-state index contributed by atoms with van der Waals surface area (Å²) in [4.78, 5) is 23.9. The minimum absolute atomic E-state index is 0.111. The number of carbonyl (C=O) groups is 1. The lowest BCUT2D eigenvalue weighted by atomic mass is 10.3. The topological polar surface area (TPSA) is 99.1 Å². The fourth-order valence-electron chi connectivity index (χ4n) is 2.13. The van der Waals surface area contributed by atoms with Crippen LogP contribution >= 0.6 is 11.6 Å². The molecular formula is C13H17ClN6O3. The monoisotopic (exact) mass is 340 g/mol. The van der Waals surface area contributed by atoms with Crippen LogP contribution in [0.1, 0.15) is 17.8 Å². The number of halogens is 1. The van der Waals surface area contributed by atoms with E-state index in [0.717, 1.165) is 5.69 Å². The van der Waals surface area contributed by atoms with Crippen LogP contribution in [0.15, 0.2) is 12.3 Å². The predicted octanol–water partition coefficient (Wildman–Crippen LogP) is 1.54. The maximum atomic E-state index is 12.2. The molecule has 0 saturated heterocycles. The first-order chi connectivity index (χ1) is 10.8. The molecule has 0 saturated carbocycles. The van der Waals surface area contributed by atoms with E-state index in [-0.39, 0.29) is 24.7 Å². The average molecular weight is 341 g/mol. The quantitative estimate of drug-likeness (QED) is 0.586. The van der Waals surface area contributed by atoms with Crippen LogP contribution < -0.4 is 0 Å². The molecule has 0 aliphatic carbocycles. The van der Waals surface area contributed by atoms with Crippen molar-refractivity contribution in [3.8, 4) is 0 Å². The van der Waals surface area contributed by atoms with Gasteiger partial charge >= 0.3 is 5.82 Å². The van der Waals surface area contributed by atoms with E-state index in [1.165, 1.54) is 21.8 Å². The van der Waals surface area contributed by atoms with E-state index in [4.69, 9.17) is 11.6 Å². The molecule has 9 nitrogen and oxygen atoms in total. The van der Waals surface area contributed by atoms with Gasteiger partial charge in [-0.1, -0.05) is 11.6 Å². The third-order valence-electron chi connectivity index (χ3n) is 3.52. The zero-order valence-electron chi connectivity index (χ0n) is 13.1. The SMILES string of the molecule is Cc1cc([N+](=O)[O-])nn1CCC(=O)N(C)Cc1c(Cl)cnn1C. The maximum absolute atomic E-state index is 12.2. The molecule has 0 radical (unpaired) electrons. The molecule has 2 aromatic heterocycles. The van der Waals surface area contributed by atoms with Gasteiger partial charge in [0.15, 0.2) is 0 Å². The predicted molar refractivity (Wildman–Crippen MR) is 82.9 cm³/mol. The van der Waals surface area contributed by atoms with Gasteiger partial charge in [0.05, 0.1) is 46.9 Å². The van der Waals surface area contributed by atoms with Crippen molar-refractivity contribution in [2.75, 3.05) is 7.05 Å². The highest BCUT2D eigenvalue weighted by Gasteiger charge is 2.18. The number of nitrogens with zero attached hydrogens (tertiary/aromatic N) is 6. The smallest absolute Gasteiger partial charge is 0.358 e. The van der Waals surface area contributed by atoms with E-state index in [9.17, 15) is 14.9 Å². The van der Waals surface area contributed by atoms with E-state index < -0.39 is 4.92 Å². The van der Waals surface area contributed by atoms with Crippen LogP contribution in [0.5, 0.6) is 0 Å². The Kier molecular flexibility index (Phi) is 4.99. The van der Waals surface area contributed by atoms with Crippen LogP contribution in [0.3, 0.4) is 0 Å². The van der Waals surface area contributed by atoms with Gasteiger partial charge in [-0.2, -0.15) is 9.78 Å². The second-order valence-corrected chi connectivity index (χ2v) is 5.59. The van der Waals surface area contributed by atoms with Crippen LogP contribution in [-0.2, 0) is 24.9 Å². The molecule has 0 atom stereocenters. The molecule has 0 spiro atoms. The molecule has 0 aromatic carbocycles. The summed E-state index contributed by atoms with van der Waals surface area (Å²) in [7, 11) is 3.43. The van der Waals surface area contributed by atoms with Gasteiger partial charge in [0, 0.05) is 20.5 Å². The molecule has 0 N–H and O–H groups in total. The molecule has 2 aromatic rings. The molecule has 2 heterocycles. The molecule has 124 valence electrons. The van der Waals surface area contributed by atoms with Gasteiger partial charge in [-0.15, -0.1) is 0 Å². The fraction of sp³-hybridized carbons (Fsp3) is 0.462. The van der Waals surface area contributed by atoms with Crippen LogP contribution in [-0.4, -0.2) is 42.3 Å². The van der Waals surface area contributed by atoms with Gasteiger partial charge in [-0.05, 0) is 11.8 Å². The number of hydrogen-bond donors (Lipinski definition) is 0. The van der Waals surface area contributed by atoms with E-state index in [1.807, 2.05) is 0 Å². The van der Waals surface area contributed by atoms with E-state index >= 15 is 0 Å². The zero-order valence-corrected chi connectivity index (χ0v) is 13.8. The molecule has 0 fully saturated rings. The third-order valence-corrected chi connectivity index (χ3v) is 3.83. The van der Waals surface area contributed by atoms with Crippen molar-refractivity contribution in [1.29, 1.82) is 0 Å². The van der Waals surface area contributed by atoms with Crippen molar-refractivity contribution in [2.24, 2.45) is 7.05 Å². The number of carbonyl (C=O) groups excluding carboxylic acids is 1. The van der Waals surface area contributed by atoms with Crippen LogP contribution in [0.25, 0.3) is 0 Å². The normalized spacial score (nSPS) is 10.8. The molecule has 0 aliphatic heterocycles. The second kappa shape index (κ2) is 6.78. The van der Waals surface area contributed by atoms with Gasteiger partial charge in [0.1, 0.15) is 0 Å². The first-order valence-electron chi connectivity index (χ1n) is 6.88. The molecule has 0 aliphatic rings. The summed E-state index contributed by atoms with van der Waals surface area (Å²) in [6.45, 7) is 2.33. The summed E-state index contributed by atoms with van der Waals surface area (Å²) in [6.07, 6.45) is 1.72. The number of rotatable bonds is 6. The minimum Gasteiger partial charge on any atom is -0.358 e. The molecule has 2 rings (SSSR count). The van der Waals surface area contributed by atoms with Crippen molar-refractivity contribution >= 4 is 23.3 Å². The van der Waals surface area contributed by atoms with Crippen molar-refractivity contribution in [3.63, 3.8) is 0 Å². The van der Waals surface area contributed by atoms with Crippen molar-refractivity contribution in [1.82, 2.24) is 24.5 Å². The van der Waals surface area contributed by atoms with Crippen molar-refractivity contribution in [2.45, 2.75) is 26.4 Å². The Morgan fingerprint density at radius 1 is 1.52 bits per heavy atom. The molecule has 10 heteroatoms. The van der Waals surface area contributed by atoms with Gasteiger partial charge in [-0.3, -0.25) is 9.48 Å². The highest BCUT2D eigenvalue weighted by atomic mass is 35.5. The number of nitro groups is 1. The van der Waals surface area contributed by atoms with E-state index in [1.54, 1.807) is 25.7 Å². The first kappa shape index (κ1) is 16.9. The third kappa shape index (κ3) is 3.86. The minimum atomic E-state index is -0.554. The summed E-state index contributed by atoms with van der Waals surface area (Å²) < 4.78 is 3.08. The summed E-state index contributed by atoms with van der Waals surface area (Å²) in [5, 5.41) is 19.1. The highest BCUT2D eigenvalue weighted by Crippen LogP contribution is 2.16. The average Bonchev–Trinajstić information content (AvgIpc) is 3.02. The summed E-state index contributed by atoms with van der Waals surface area (Å²) in [6, 6.07) is 1.38. The number of amides is 1. The van der Waals surface area contributed by atoms with Crippen LogP contribution in [0.2, 0.25) is 5.02 Å². The number of hydrogen-bond acceptors (Lipinski definition) is 5. The van der Waals surface area contributed by atoms with E-state index in [0.29, 0.717) is 17.3 Å². The summed E-state index contributed by atoms with van der Waals surface area (Å²) >= 11 is 6.02. The largest absolute Gasteiger partial charge is 0.390 e. The molecule has 1 amide bonds. The van der Waals surface area contributed by atoms with Gasteiger partial charge in [0.25, 0.3) is 0 Å². The van der Waals surface area contributed by atoms with Crippen LogP contribution in [0, 0.1) is 17.0 Å². The Balaban J connectivity index is 1.95. The zero-order chi connectivity index (χ0) is 17.1. The van der Waals surface area contributed by atoms with Crippen molar-refractivity contribution < 1.29 is 9.72 Å². The van der Waals surface area contributed by atoms with Gasteiger partial charge < -0.3 is 15.0 Å². The Morgan fingerprint density at radius 3 is 2.74 bits per heavy atom. The first-order valence-corrected chi connectivity index (χ1v) is 7.26. The standard InChI is InChI=1S/C13H17ClN6O3/c1-9-6-12(20(22)23)16-19(9)5-4-13(21)17(2)8-11-10(14)7-15-18(11)3/h6-7H,4-5,8H2,1-3H3. The number of aromatic nitrogens is 4. The Labute approximate surface area is 137 Å². The Hall–Kier alpha value is -2.42. The lowest BCUT2D eigenvalue weighted by Crippen LogP contribution is -2.28. The number of aryl methyl sites for hydroxylation is 3. The molecule has 23 heavy (non-hydrogen) atoms. The van der Waals surface area contributed by atoms with Crippen LogP contribution in [0.4, 0.5) is 5.82 Å². The molecular weight excluding hydrogens is 324 g/mol. The fourth-order valence-corrected chi connectivity index (χ4v) is 2.35. The molecule has 0 bridgehead atoms. The van der Waals surface area contributed by atoms with E-state index in [2.05, 4.69) is 10.2 Å². The summed E-state index contributed by atoms with van der Waals surface area (Å²) in [5.74, 6) is -0.329. The summed E-state index contributed by atoms with van der Waals surface area (Å²) in [5.41, 5.74) is 1.38. The molecule has 0 unspecified atom stereocenters. The van der Waals surface area contributed by atoms with Crippen molar-refractivity contribution in [3.05, 3.63) is 38.8 Å². The lowest BCUT2D eigenvalue weighted by molar-refractivity contribution is -0.389. The highest BCUT2D eigenvalue weighted by molar-refractivity contribution is 6.31. The van der Waals surface area contributed by atoms with Gasteiger partial charge in [-0.25, -0.2) is 0 Å². The Bertz CT molecular complexity index is 719.